The quantitative estimate of drug-likeness (QED) is 0.306. The van der Waals surface area contributed by atoms with Gasteiger partial charge in [-0.3, -0.25) is 0 Å². The summed E-state index contributed by atoms with van der Waals surface area (Å²) in [5.41, 5.74) is 6.60. The number of nitrogens with zero attached hydrogens (tertiary/aromatic N) is 4. The predicted octanol–water partition coefficient (Wildman–Crippen LogP) is 6.28. The summed E-state index contributed by atoms with van der Waals surface area (Å²) in [5, 5.41) is 3.54. The van der Waals surface area contributed by atoms with Crippen LogP contribution in [0.2, 0.25) is 0 Å². The Morgan fingerprint density at radius 3 is 2.09 bits per heavy atom. The summed E-state index contributed by atoms with van der Waals surface area (Å²) in [6, 6.07) is 26.9. The average Bonchev–Trinajstić information content (AvgIpc) is 3.30. The fraction of sp³-hybridized carbons (Fsp3) is 0.207. The summed E-state index contributed by atoms with van der Waals surface area (Å²) >= 11 is 0. The molecule has 0 amide bonds. The van der Waals surface area contributed by atoms with Crippen molar-refractivity contribution in [3.8, 4) is 22.8 Å². The SMILES string of the molecule is Cc1ccc(-c2nc(NCC(c3ccc(C)cc3)N(C)C)c3oc(-c4ccccc4)nc3n2)cc1. The van der Waals surface area contributed by atoms with E-state index in [1.165, 1.54) is 16.7 Å². The van der Waals surface area contributed by atoms with Crippen LogP contribution in [-0.4, -0.2) is 40.5 Å². The molecular formula is C29H29N5O. The summed E-state index contributed by atoms with van der Waals surface area (Å²) in [6.07, 6.45) is 0. The fourth-order valence-electron chi connectivity index (χ4n) is 4.06. The molecule has 6 nitrogen and oxygen atoms in total. The third-order valence-electron chi connectivity index (χ3n) is 6.13. The third kappa shape index (κ3) is 4.93. The number of hydrogen-bond acceptors (Lipinski definition) is 6. The molecule has 0 radical (unpaired) electrons. The Bertz CT molecular complexity index is 1420. The van der Waals surface area contributed by atoms with E-state index in [1.807, 2.05) is 42.5 Å². The van der Waals surface area contributed by atoms with Crippen LogP contribution < -0.4 is 5.32 Å². The lowest BCUT2D eigenvalue weighted by Crippen LogP contribution is -2.27. The number of anilines is 1. The molecule has 0 aliphatic heterocycles. The van der Waals surface area contributed by atoms with E-state index in [4.69, 9.17) is 19.4 Å². The van der Waals surface area contributed by atoms with Gasteiger partial charge < -0.3 is 14.6 Å². The van der Waals surface area contributed by atoms with Crippen LogP contribution in [0.15, 0.2) is 83.3 Å². The van der Waals surface area contributed by atoms with Gasteiger partial charge in [0.2, 0.25) is 17.1 Å². The highest BCUT2D eigenvalue weighted by molar-refractivity contribution is 5.85. The smallest absolute Gasteiger partial charge is 0.229 e. The van der Waals surface area contributed by atoms with Gasteiger partial charge in [-0.2, -0.15) is 4.98 Å². The first-order chi connectivity index (χ1) is 17.0. The second-order valence-electron chi connectivity index (χ2n) is 9.07. The first-order valence-electron chi connectivity index (χ1n) is 11.8. The van der Waals surface area contributed by atoms with E-state index >= 15 is 0 Å². The molecule has 2 aromatic heterocycles. The standard InChI is InChI=1S/C29H29N5O/c1-19-10-14-21(15-11-19)24(34(3)4)18-30-27-25-28(33-29(35-25)23-8-6-5-7-9-23)32-26(31-27)22-16-12-20(2)13-17-22/h5-17,24H,18H2,1-4H3,(H,30,31,32). The van der Waals surface area contributed by atoms with E-state index in [-0.39, 0.29) is 6.04 Å². The zero-order valence-electron chi connectivity index (χ0n) is 20.5. The number of oxazole rings is 1. The number of hydrogen-bond donors (Lipinski definition) is 1. The van der Waals surface area contributed by atoms with E-state index in [0.29, 0.717) is 35.3 Å². The van der Waals surface area contributed by atoms with Gasteiger partial charge >= 0.3 is 0 Å². The normalized spacial score (nSPS) is 12.3. The van der Waals surface area contributed by atoms with E-state index in [2.05, 4.69) is 74.6 Å². The maximum absolute atomic E-state index is 6.20. The third-order valence-corrected chi connectivity index (χ3v) is 6.13. The number of aryl methyl sites for hydroxylation is 2. The topological polar surface area (TPSA) is 67.1 Å². The number of fused-ring (bicyclic) bond motifs is 1. The maximum atomic E-state index is 6.20. The number of benzene rings is 3. The van der Waals surface area contributed by atoms with Crippen LogP contribution in [0.1, 0.15) is 22.7 Å². The van der Waals surface area contributed by atoms with Crippen molar-refractivity contribution in [1.82, 2.24) is 19.9 Å². The molecule has 1 atom stereocenters. The minimum atomic E-state index is 0.153. The number of likely N-dealkylation sites (N-methyl/N-ethyl adjacent to an activating group) is 1. The van der Waals surface area contributed by atoms with Gasteiger partial charge in [-0.05, 0) is 45.6 Å². The first kappa shape index (κ1) is 22.7. The van der Waals surface area contributed by atoms with Gasteiger partial charge in [-0.25, -0.2) is 9.97 Å². The van der Waals surface area contributed by atoms with E-state index in [1.54, 1.807) is 0 Å². The van der Waals surface area contributed by atoms with Crippen molar-refractivity contribution in [3.05, 3.63) is 95.6 Å². The van der Waals surface area contributed by atoms with Crippen LogP contribution in [0.25, 0.3) is 34.1 Å². The maximum Gasteiger partial charge on any atom is 0.229 e. The lowest BCUT2D eigenvalue weighted by atomic mass is 10.0. The van der Waals surface area contributed by atoms with Gasteiger partial charge in [-0.15, -0.1) is 0 Å². The van der Waals surface area contributed by atoms with Crippen molar-refractivity contribution in [2.24, 2.45) is 0 Å². The Hall–Kier alpha value is -4.03. The second-order valence-corrected chi connectivity index (χ2v) is 9.07. The molecule has 6 heteroatoms. The van der Waals surface area contributed by atoms with E-state index in [0.717, 1.165) is 11.1 Å². The molecule has 35 heavy (non-hydrogen) atoms. The Labute approximate surface area is 205 Å². The molecular weight excluding hydrogens is 434 g/mol. The van der Waals surface area contributed by atoms with Gasteiger partial charge in [0.25, 0.3) is 0 Å². The fourth-order valence-corrected chi connectivity index (χ4v) is 4.06. The first-order valence-corrected chi connectivity index (χ1v) is 11.8. The summed E-state index contributed by atoms with van der Waals surface area (Å²) in [6.45, 7) is 4.82. The van der Waals surface area contributed by atoms with Crippen molar-refractivity contribution in [2.75, 3.05) is 26.0 Å². The van der Waals surface area contributed by atoms with Gasteiger partial charge in [0.15, 0.2) is 11.6 Å². The van der Waals surface area contributed by atoms with Gasteiger partial charge in [0.1, 0.15) is 0 Å². The molecule has 0 aliphatic rings. The molecule has 1 unspecified atom stereocenters. The molecule has 1 N–H and O–H groups in total. The molecule has 3 aromatic carbocycles. The van der Waals surface area contributed by atoms with Gasteiger partial charge in [0.05, 0.1) is 6.04 Å². The highest BCUT2D eigenvalue weighted by Crippen LogP contribution is 2.30. The molecule has 5 aromatic rings. The Morgan fingerprint density at radius 2 is 1.43 bits per heavy atom. The number of nitrogens with one attached hydrogen (secondary N) is 1. The highest BCUT2D eigenvalue weighted by Gasteiger charge is 2.20. The summed E-state index contributed by atoms with van der Waals surface area (Å²) in [7, 11) is 4.17. The molecule has 2 heterocycles. The molecule has 0 aliphatic carbocycles. The molecule has 0 saturated carbocycles. The second kappa shape index (κ2) is 9.68. The minimum Gasteiger partial charge on any atom is -0.430 e. The van der Waals surface area contributed by atoms with E-state index in [9.17, 15) is 0 Å². The van der Waals surface area contributed by atoms with Gasteiger partial charge in [0, 0.05) is 17.7 Å². The number of rotatable bonds is 7. The Morgan fingerprint density at radius 1 is 0.771 bits per heavy atom. The van der Waals surface area contributed by atoms with Crippen molar-refractivity contribution < 1.29 is 4.42 Å². The van der Waals surface area contributed by atoms with Crippen LogP contribution in [0.4, 0.5) is 5.82 Å². The van der Waals surface area contributed by atoms with Crippen LogP contribution in [0.3, 0.4) is 0 Å². The Kier molecular flexibility index (Phi) is 6.29. The van der Waals surface area contributed by atoms with Crippen LogP contribution >= 0.6 is 0 Å². The molecule has 0 fully saturated rings. The number of aromatic nitrogens is 3. The molecule has 0 spiro atoms. The molecule has 0 bridgehead atoms. The zero-order chi connectivity index (χ0) is 24.4. The van der Waals surface area contributed by atoms with Crippen molar-refractivity contribution >= 4 is 17.0 Å². The van der Waals surface area contributed by atoms with Gasteiger partial charge in [-0.1, -0.05) is 77.9 Å². The molecule has 176 valence electrons. The largest absolute Gasteiger partial charge is 0.430 e. The minimum absolute atomic E-state index is 0.153. The summed E-state index contributed by atoms with van der Waals surface area (Å²) in [4.78, 5) is 16.5. The lowest BCUT2D eigenvalue weighted by molar-refractivity contribution is 0.311. The summed E-state index contributed by atoms with van der Waals surface area (Å²) < 4.78 is 6.20. The summed E-state index contributed by atoms with van der Waals surface area (Å²) in [5.74, 6) is 1.78. The van der Waals surface area contributed by atoms with Crippen molar-refractivity contribution in [3.63, 3.8) is 0 Å². The molecule has 5 rings (SSSR count). The van der Waals surface area contributed by atoms with Crippen LogP contribution in [0.5, 0.6) is 0 Å². The van der Waals surface area contributed by atoms with Crippen LogP contribution in [0, 0.1) is 13.8 Å². The van der Waals surface area contributed by atoms with E-state index < -0.39 is 0 Å². The van der Waals surface area contributed by atoms with Crippen LogP contribution in [-0.2, 0) is 0 Å². The average molecular weight is 464 g/mol. The molecule has 0 saturated heterocycles. The lowest BCUT2D eigenvalue weighted by Gasteiger charge is -2.25. The highest BCUT2D eigenvalue weighted by atomic mass is 16.3. The predicted molar refractivity (Wildman–Crippen MR) is 141 cm³/mol. The van der Waals surface area contributed by atoms with Crippen molar-refractivity contribution in [2.45, 2.75) is 19.9 Å². The van der Waals surface area contributed by atoms with Crippen molar-refractivity contribution in [1.29, 1.82) is 0 Å². The Balaban J connectivity index is 1.55. The monoisotopic (exact) mass is 463 g/mol. The zero-order valence-corrected chi connectivity index (χ0v) is 20.5.